The molecule has 4 rings (SSSR count). The number of hydrogen-bond donors (Lipinski definition) is 3. The Bertz CT molecular complexity index is 1300. The number of fused-ring (bicyclic) bond motifs is 1. The van der Waals surface area contributed by atoms with Crippen LogP contribution in [0.25, 0.3) is 11.1 Å². The Balaban J connectivity index is 1.93. The van der Waals surface area contributed by atoms with E-state index in [9.17, 15) is 24.6 Å². The molecule has 8 heteroatoms. The van der Waals surface area contributed by atoms with Gasteiger partial charge in [0.15, 0.2) is 0 Å². The summed E-state index contributed by atoms with van der Waals surface area (Å²) in [5.41, 5.74) is 4.25. The number of nitrogens with one attached hydrogen (secondary N) is 1. The molecule has 0 saturated heterocycles. The van der Waals surface area contributed by atoms with Crippen LogP contribution >= 0.6 is 0 Å². The largest absolute Gasteiger partial charge is 0.478 e. The number of rotatable bonds is 5. The Morgan fingerprint density at radius 3 is 2.52 bits per heavy atom. The van der Waals surface area contributed by atoms with Crippen LogP contribution in [0, 0.1) is 12.8 Å². The summed E-state index contributed by atoms with van der Waals surface area (Å²) in [5, 5.41) is 22.3. The van der Waals surface area contributed by atoms with E-state index in [1.165, 1.54) is 18.2 Å². The molecule has 0 aliphatic carbocycles. The average Bonchev–Trinajstić information content (AvgIpc) is 2.77. The highest BCUT2D eigenvalue weighted by molar-refractivity contribution is 6.07. The van der Waals surface area contributed by atoms with Crippen LogP contribution < -0.4 is 10.2 Å². The zero-order valence-corrected chi connectivity index (χ0v) is 18.4. The topological polar surface area (TPSA) is 120 Å². The average molecular weight is 445 g/mol. The Labute approximate surface area is 190 Å². The number of carboxylic acids is 2. The van der Waals surface area contributed by atoms with Gasteiger partial charge < -0.3 is 20.4 Å². The lowest BCUT2D eigenvalue weighted by atomic mass is 9.89. The number of aromatic carboxylic acids is 2. The summed E-state index contributed by atoms with van der Waals surface area (Å²) >= 11 is 0. The zero-order valence-electron chi connectivity index (χ0n) is 18.4. The molecule has 0 radical (unpaired) electrons. The van der Waals surface area contributed by atoms with Crippen LogP contribution in [0.3, 0.4) is 0 Å². The van der Waals surface area contributed by atoms with Gasteiger partial charge in [0, 0.05) is 41.8 Å². The van der Waals surface area contributed by atoms with E-state index >= 15 is 0 Å². The third-order valence-electron chi connectivity index (χ3n) is 5.84. The molecule has 0 saturated carbocycles. The molecule has 1 aliphatic rings. The minimum atomic E-state index is -1.35. The second-order valence-corrected chi connectivity index (χ2v) is 8.18. The van der Waals surface area contributed by atoms with Crippen molar-refractivity contribution in [1.29, 1.82) is 0 Å². The lowest BCUT2D eigenvalue weighted by Crippen LogP contribution is -2.37. The molecular weight excluding hydrogens is 422 g/mol. The maximum absolute atomic E-state index is 12.6. The van der Waals surface area contributed by atoms with Crippen molar-refractivity contribution in [2.45, 2.75) is 20.3 Å². The number of amides is 1. The maximum Gasteiger partial charge on any atom is 0.338 e. The SMILES string of the molecule is Cc1cc(-c2cc3c(cc2Nc2cccc(C(=O)O)c2C(=O)O)N(C)C(=O)C(C)C3)ccn1. The quantitative estimate of drug-likeness (QED) is 0.534. The van der Waals surface area contributed by atoms with E-state index in [0.29, 0.717) is 12.1 Å². The van der Waals surface area contributed by atoms with Crippen LogP contribution in [0.15, 0.2) is 48.7 Å². The molecule has 0 fully saturated rings. The number of benzene rings is 2. The fourth-order valence-electron chi connectivity index (χ4n) is 4.24. The predicted molar refractivity (Wildman–Crippen MR) is 124 cm³/mol. The van der Waals surface area contributed by atoms with Crippen molar-refractivity contribution in [3.05, 3.63) is 71.0 Å². The van der Waals surface area contributed by atoms with Crippen molar-refractivity contribution >= 4 is 34.9 Å². The van der Waals surface area contributed by atoms with Gasteiger partial charge in [0.2, 0.25) is 5.91 Å². The molecule has 1 amide bonds. The predicted octanol–water partition coefficient (Wildman–Crippen LogP) is 4.35. The maximum atomic E-state index is 12.6. The lowest BCUT2D eigenvalue weighted by Gasteiger charge is -2.31. The third kappa shape index (κ3) is 4.03. The van der Waals surface area contributed by atoms with Crippen LogP contribution in [0.5, 0.6) is 0 Å². The van der Waals surface area contributed by atoms with Gasteiger partial charge in [-0.25, -0.2) is 9.59 Å². The van der Waals surface area contributed by atoms with E-state index < -0.39 is 11.9 Å². The summed E-state index contributed by atoms with van der Waals surface area (Å²) in [6.45, 7) is 3.77. The normalized spacial score (nSPS) is 15.2. The number of hydrogen-bond acceptors (Lipinski definition) is 5. The number of anilines is 3. The molecule has 1 aromatic heterocycles. The van der Waals surface area contributed by atoms with Crippen LogP contribution in [-0.2, 0) is 11.2 Å². The van der Waals surface area contributed by atoms with Gasteiger partial charge in [0.05, 0.1) is 16.8 Å². The first-order chi connectivity index (χ1) is 15.7. The Morgan fingerprint density at radius 2 is 1.85 bits per heavy atom. The fraction of sp³-hybridized carbons (Fsp3) is 0.200. The summed E-state index contributed by atoms with van der Waals surface area (Å²) in [6, 6.07) is 11.8. The molecule has 0 spiro atoms. The smallest absolute Gasteiger partial charge is 0.338 e. The zero-order chi connectivity index (χ0) is 23.9. The highest BCUT2D eigenvalue weighted by atomic mass is 16.4. The second kappa shape index (κ2) is 8.38. The minimum absolute atomic E-state index is 0.0000510. The van der Waals surface area contributed by atoms with E-state index in [2.05, 4.69) is 10.3 Å². The number of aryl methyl sites for hydroxylation is 1. The van der Waals surface area contributed by atoms with Gasteiger partial charge >= 0.3 is 11.9 Å². The van der Waals surface area contributed by atoms with Crippen LogP contribution in [0.2, 0.25) is 0 Å². The molecule has 8 nitrogen and oxygen atoms in total. The summed E-state index contributed by atoms with van der Waals surface area (Å²) in [4.78, 5) is 42.0. The number of aromatic nitrogens is 1. The molecule has 3 N–H and O–H groups in total. The highest BCUT2D eigenvalue weighted by Gasteiger charge is 2.29. The van der Waals surface area contributed by atoms with Crippen molar-refractivity contribution in [3.8, 4) is 11.1 Å². The van der Waals surface area contributed by atoms with Crippen molar-refractivity contribution in [3.63, 3.8) is 0 Å². The van der Waals surface area contributed by atoms with Crippen molar-refractivity contribution in [1.82, 2.24) is 4.98 Å². The molecule has 2 heterocycles. The van der Waals surface area contributed by atoms with Gasteiger partial charge in [-0.2, -0.15) is 0 Å². The molecule has 1 unspecified atom stereocenters. The summed E-state index contributed by atoms with van der Waals surface area (Å²) in [5.74, 6) is -2.83. The lowest BCUT2D eigenvalue weighted by molar-refractivity contribution is -0.121. The summed E-state index contributed by atoms with van der Waals surface area (Å²) < 4.78 is 0. The molecular formula is C25H23N3O5. The number of carbonyl (C=O) groups excluding carboxylic acids is 1. The Hall–Kier alpha value is -4.20. The fourth-order valence-corrected chi connectivity index (χ4v) is 4.24. The first-order valence-electron chi connectivity index (χ1n) is 10.4. The van der Waals surface area contributed by atoms with E-state index in [1.807, 2.05) is 38.1 Å². The molecule has 1 aliphatic heterocycles. The number of nitrogens with zero attached hydrogens (tertiary/aromatic N) is 2. The molecule has 1 atom stereocenters. The second-order valence-electron chi connectivity index (χ2n) is 8.18. The number of carbonyl (C=O) groups is 3. The van der Waals surface area contributed by atoms with Crippen LogP contribution in [0.1, 0.15) is 38.9 Å². The monoisotopic (exact) mass is 445 g/mol. The van der Waals surface area contributed by atoms with Gasteiger partial charge in [0.1, 0.15) is 0 Å². The summed E-state index contributed by atoms with van der Waals surface area (Å²) in [6.07, 6.45) is 2.28. The van der Waals surface area contributed by atoms with E-state index in [4.69, 9.17) is 0 Å². The Morgan fingerprint density at radius 1 is 1.09 bits per heavy atom. The van der Waals surface area contributed by atoms with Crippen LogP contribution in [0.4, 0.5) is 17.1 Å². The van der Waals surface area contributed by atoms with Gasteiger partial charge in [-0.15, -0.1) is 0 Å². The third-order valence-corrected chi connectivity index (χ3v) is 5.84. The number of pyridine rings is 1. The number of carboxylic acid groups (broad SMARTS) is 2. The van der Waals surface area contributed by atoms with Gasteiger partial charge in [-0.3, -0.25) is 9.78 Å². The van der Waals surface area contributed by atoms with E-state index in [-0.39, 0.29) is 28.6 Å². The van der Waals surface area contributed by atoms with Gasteiger partial charge in [0.25, 0.3) is 0 Å². The van der Waals surface area contributed by atoms with E-state index in [1.54, 1.807) is 18.1 Å². The Kier molecular flexibility index (Phi) is 5.59. The summed E-state index contributed by atoms with van der Waals surface area (Å²) in [7, 11) is 1.71. The minimum Gasteiger partial charge on any atom is -0.478 e. The van der Waals surface area contributed by atoms with E-state index in [0.717, 1.165) is 28.1 Å². The highest BCUT2D eigenvalue weighted by Crippen LogP contribution is 2.40. The first-order valence-corrected chi connectivity index (χ1v) is 10.4. The van der Waals surface area contributed by atoms with Crippen molar-refractivity contribution in [2.75, 3.05) is 17.3 Å². The molecule has 2 aromatic carbocycles. The molecule has 33 heavy (non-hydrogen) atoms. The molecule has 3 aromatic rings. The van der Waals surface area contributed by atoms with Crippen molar-refractivity contribution < 1.29 is 24.6 Å². The van der Waals surface area contributed by atoms with Crippen LogP contribution in [-0.4, -0.2) is 40.1 Å². The van der Waals surface area contributed by atoms with Crippen molar-refractivity contribution in [2.24, 2.45) is 5.92 Å². The standard InChI is InChI=1S/C25H23N3O5/c1-13-9-16-11-18(15-7-8-26-14(2)10-15)20(12-21(16)28(3)23(13)29)27-19-6-4-5-17(24(30)31)22(19)25(32)33/h4-8,10-13,27H,9H2,1-3H3,(H,30,31)(H,32,33). The van der Waals surface area contributed by atoms with Gasteiger partial charge in [-0.1, -0.05) is 13.0 Å². The van der Waals surface area contributed by atoms with Gasteiger partial charge in [-0.05, 0) is 60.9 Å². The molecule has 168 valence electrons. The molecule has 0 bridgehead atoms. The first kappa shape index (κ1) is 22.0.